The van der Waals surface area contributed by atoms with Gasteiger partial charge in [-0.05, 0) is 53.3 Å². The van der Waals surface area contributed by atoms with Crippen LogP contribution in [0.15, 0.2) is 64.3 Å². The van der Waals surface area contributed by atoms with Crippen molar-refractivity contribution in [1.29, 1.82) is 0 Å². The van der Waals surface area contributed by atoms with Gasteiger partial charge in [-0.3, -0.25) is 14.3 Å². The third kappa shape index (κ3) is 4.08. The fraction of sp³-hybridized carbons (Fsp3) is 0.296. The smallest absolute Gasteiger partial charge is 0.338 e. The Morgan fingerprint density at radius 2 is 1.68 bits per heavy atom. The predicted molar refractivity (Wildman–Crippen MR) is 141 cm³/mol. The van der Waals surface area contributed by atoms with E-state index in [4.69, 9.17) is 16.3 Å². The van der Waals surface area contributed by atoms with Crippen LogP contribution in [0, 0.1) is 0 Å². The lowest BCUT2D eigenvalue weighted by Gasteiger charge is -2.30. The van der Waals surface area contributed by atoms with Crippen molar-refractivity contribution < 1.29 is 27.5 Å². The molecule has 2 aliphatic heterocycles. The second kappa shape index (κ2) is 8.71. The van der Waals surface area contributed by atoms with Crippen LogP contribution in [0.4, 0.5) is 5.69 Å². The number of amides is 2. The number of hydrogen-bond donors (Lipinski definition) is 1. The summed E-state index contributed by atoms with van der Waals surface area (Å²) in [7, 11) is -1.12. The van der Waals surface area contributed by atoms with Gasteiger partial charge >= 0.3 is 5.97 Å². The molecule has 2 amide bonds. The summed E-state index contributed by atoms with van der Waals surface area (Å²) in [5, 5.41) is 0.00763. The second-order valence-corrected chi connectivity index (χ2v) is 12.5. The highest BCUT2D eigenvalue weighted by Crippen LogP contribution is 2.46. The SMILES string of the molecule is COC(=O)C1=C2CC2N(C)C(N2C(=O)c3c(Cl)ccc(NS(=O)(=O)c4ccc(C(C)(C)C)cc4)c3C2=O)=C1. The fourth-order valence-corrected chi connectivity index (χ4v) is 6.08. The van der Waals surface area contributed by atoms with Crippen molar-refractivity contribution >= 4 is 45.1 Å². The number of halogens is 1. The Morgan fingerprint density at radius 1 is 1.05 bits per heavy atom. The molecule has 11 heteroatoms. The lowest BCUT2D eigenvalue weighted by molar-refractivity contribution is -0.135. The Labute approximate surface area is 225 Å². The van der Waals surface area contributed by atoms with Crippen molar-refractivity contribution in [3.63, 3.8) is 0 Å². The number of carbonyl (C=O) groups is 3. The molecule has 3 aliphatic rings. The second-order valence-electron chi connectivity index (χ2n) is 10.4. The third-order valence-electron chi connectivity index (χ3n) is 7.00. The Hall–Kier alpha value is -3.63. The highest BCUT2D eigenvalue weighted by atomic mass is 35.5. The van der Waals surface area contributed by atoms with Crippen LogP contribution in [-0.4, -0.2) is 56.2 Å². The minimum absolute atomic E-state index is 0.00618. The molecular weight excluding hydrogens is 530 g/mol. The molecule has 2 aromatic carbocycles. The molecule has 5 rings (SSSR count). The van der Waals surface area contributed by atoms with Crippen LogP contribution < -0.4 is 4.72 Å². The first-order valence-corrected chi connectivity index (χ1v) is 13.7. The maximum atomic E-state index is 13.7. The van der Waals surface area contributed by atoms with Gasteiger partial charge in [-0.25, -0.2) is 18.1 Å². The normalized spacial score (nSPS) is 18.8. The minimum atomic E-state index is -4.10. The highest BCUT2D eigenvalue weighted by molar-refractivity contribution is 7.92. The fourth-order valence-electron chi connectivity index (χ4n) is 4.77. The molecule has 0 bridgehead atoms. The van der Waals surface area contributed by atoms with E-state index in [-0.39, 0.29) is 44.0 Å². The third-order valence-corrected chi connectivity index (χ3v) is 8.70. The van der Waals surface area contributed by atoms with Crippen LogP contribution in [0.3, 0.4) is 0 Å². The summed E-state index contributed by atoms with van der Waals surface area (Å²) in [5.74, 6) is -1.84. The van der Waals surface area contributed by atoms with E-state index in [9.17, 15) is 22.8 Å². The molecule has 0 radical (unpaired) electrons. The first-order valence-electron chi connectivity index (χ1n) is 11.9. The number of imide groups is 1. The van der Waals surface area contributed by atoms with Crippen molar-refractivity contribution in [2.24, 2.45) is 0 Å². The number of esters is 1. The first kappa shape index (κ1) is 26.0. The van der Waals surface area contributed by atoms with Crippen molar-refractivity contribution in [2.45, 2.75) is 43.5 Å². The average Bonchev–Trinajstić information content (AvgIpc) is 3.62. The number of carbonyl (C=O) groups excluding carboxylic acids is 3. The maximum Gasteiger partial charge on any atom is 0.338 e. The van der Waals surface area contributed by atoms with Crippen LogP contribution in [-0.2, 0) is 25.0 Å². The van der Waals surface area contributed by atoms with E-state index < -0.39 is 27.8 Å². The van der Waals surface area contributed by atoms with E-state index >= 15 is 0 Å². The van der Waals surface area contributed by atoms with Gasteiger partial charge in [0, 0.05) is 7.05 Å². The number of benzene rings is 2. The van der Waals surface area contributed by atoms with Gasteiger partial charge in [-0.1, -0.05) is 44.5 Å². The van der Waals surface area contributed by atoms with E-state index in [1.807, 2.05) is 20.8 Å². The molecule has 1 atom stereocenters. The Morgan fingerprint density at radius 3 is 2.29 bits per heavy atom. The van der Waals surface area contributed by atoms with E-state index in [2.05, 4.69) is 4.72 Å². The zero-order chi connectivity index (χ0) is 27.7. The van der Waals surface area contributed by atoms with Gasteiger partial charge in [0.25, 0.3) is 21.8 Å². The predicted octanol–water partition coefficient (Wildman–Crippen LogP) is 4.06. The average molecular weight is 556 g/mol. The monoisotopic (exact) mass is 555 g/mol. The van der Waals surface area contributed by atoms with Crippen molar-refractivity contribution in [1.82, 2.24) is 9.80 Å². The topological polar surface area (TPSA) is 113 Å². The summed E-state index contributed by atoms with van der Waals surface area (Å²) < 4.78 is 33.8. The van der Waals surface area contributed by atoms with Gasteiger partial charge < -0.3 is 9.64 Å². The number of rotatable bonds is 5. The molecule has 0 saturated heterocycles. The van der Waals surface area contributed by atoms with Crippen LogP contribution in [0.5, 0.6) is 0 Å². The molecule has 2 heterocycles. The molecule has 1 saturated carbocycles. The van der Waals surface area contributed by atoms with Gasteiger partial charge in [0.1, 0.15) is 5.82 Å². The molecule has 0 aromatic heterocycles. The van der Waals surface area contributed by atoms with Crippen molar-refractivity contribution in [3.05, 3.63) is 81.2 Å². The maximum absolute atomic E-state index is 13.7. The van der Waals surface area contributed by atoms with Crippen LogP contribution >= 0.6 is 11.6 Å². The molecule has 2 aromatic rings. The molecule has 9 nitrogen and oxygen atoms in total. The van der Waals surface area contributed by atoms with Crippen LogP contribution in [0.25, 0.3) is 0 Å². The standard InChI is InChI=1S/C27H26ClN3O6S/c1-27(2,3)14-6-8-15(9-7-14)38(35,36)29-19-11-10-18(28)22-23(19)25(33)31(24(22)32)21-13-17(26(34)37-5)16-12-20(16)30(21)4/h6-11,13,20,29H,12H2,1-5H3. The summed E-state index contributed by atoms with van der Waals surface area (Å²) in [4.78, 5) is 42.1. The van der Waals surface area contributed by atoms with Crippen molar-refractivity contribution in [2.75, 3.05) is 18.9 Å². The lowest BCUT2D eigenvalue weighted by Crippen LogP contribution is -2.39. The number of sulfonamides is 1. The molecule has 198 valence electrons. The van der Waals surface area contributed by atoms with Crippen LogP contribution in [0.2, 0.25) is 5.02 Å². The number of likely N-dealkylation sites (N-methyl/N-ethyl adjacent to an activating group) is 1. The van der Waals surface area contributed by atoms with Gasteiger partial charge in [-0.15, -0.1) is 0 Å². The lowest BCUT2D eigenvalue weighted by atomic mass is 9.87. The van der Waals surface area contributed by atoms with Gasteiger partial charge in [0.2, 0.25) is 0 Å². The van der Waals surface area contributed by atoms with Gasteiger partial charge in [0.05, 0.1) is 45.5 Å². The summed E-state index contributed by atoms with van der Waals surface area (Å²) in [6, 6.07) is 9.05. The summed E-state index contributed by atoms with van der Waals surface area (Å²) in [6.07, 6.45) is 2.05. The zero-order valence-corrected chi connectivity index (χ0v) is 23.0. The molecule has 1 N–H and O–H groups in total. The number of hydrogen-bond acceptors (Lipinski definition) is 7. The minimum Gasteiger partial charge on any atom is -0.465 e. The van der Waals surface area contributed by atoms with Crippen molar-refractivity contribution in [3.8, 4) is 0 Å². The Balaban J connectivity index is 1.52. The summed E-state index contributed by atoms with van der Waals surface area (Å²) >= 11 is 6.34. The van der Waals surface area contributed by atoms with Gasteiger partial charge in [-0.2, -0.15) is 0 Å². The summed E-state index contributed by atoms with van der Waals surface area (Å²) in [6.45, 7) is 6.06. The Kier molecular flexibility index (Phi) is 5.96. The largest absolute Gasteiger partial charge is 0.465 e. The molecule has 1 fully saturated rings. The summed E-state index contributed by atoms with van der Waals surface area (Å²) in [5.41, 5.74) is 1.63. The Bertz CT molecular complexity index is 1590. The van der Waals surface area contributed by atoms with Crippen LogP contribution in [0.1, 0.15) is 53.5 Å². The molecule has 1 unspecified atom stereocenters. The van der Waals surface area contributed by atoms with E-state index in [1.165, 1.54) is 37.5 Å². The quantitative estimate of drug-likeness (QED) is 0.437. The number of fused-ring (bicyclic) bond motifs is 2. The highest BCUT2D eigenvalue weighted by Gasteiger charge is 2.49. The molecule has 0 spiro atoms. The number of nitrogens with one attached hydrogen (secondary N) is 1. The molecular formula is C27H26ClN3O6S. The zero-order valence-electron chi connectivity index (χ0n) is 21.5. The number of methoxy groups -OCH3 is 1. The van der Waals surface area contributed by atoms with E-state index in [0.29, 0.717) is 12.0 Å². The number of ether oxygens (including phenoxy) is 1. The molecule has 1 aliphatic carbocycles. The number of nitrogens with zero attached hydrogens (tertiary/aromatic N) is 2. The number of anilines is 1. The van der Waals surface area contributed by atoms with Gasteiger partial charge in [0.15, 0.2) is 0 Å². The first-order chi connectivity index (χ1) is 17.8. The van der Waals surface area contributed by atoms with E-state index in [1.54, 1.807) is 24.1 Å². The van der Waals surface area contributed by atoms with E-state index in [0.717, 1.165) is 16.0 Å². The molecule has 38 heavy (non-hydrogen) atoms.